The fourth-order valence-electron chi connectivity index (χ4n) is 9.30. The second kappa shape index (κ2) is 12.6. The number of nitrogens with zero attached hydrogens (tertiary/aromatic N) is 1. The Kier molecular flexibility index (Phi) is 7.58. The van der Waals surface area contributed by atoms with Crippen molar-refractivity contribution in [3.05, 3.63) is 210 Å². The van der Waals surface area contributed by atoms with Gasteiger partial charge in [0.25, 0.3) is 0 Å². The van der Waals surface area contributed by atoms with Gasteiger partial charge in [0.1, 0.15) is 0 Å². The largest absolute Gasteiger partial charge is 0.310 e. The third-order valence-electron chi connectivity index (χ3n) is 12.3. The standard InChI is InChI=1S/C54H43N/c1-53(2)47-19-12-11-18-44(47)45-34-50-46(35-49(45)53)52-48(54(50,3)4)20-13-21-51(52)55(42-30-26-40(27-31-42)37-16-9-6-10-17-37)43-32-28-41(29-33-43)39-24-22-38(23-25-39)36-14-7-5-8-15-36/h5-35H,1-4H3. The first-order valence-corrected chi connectivity index (χ1v) is 19.4. The molecule has 0 unspecified atom stereocenters. The van der Waals surface area contributed by atoms with Crippen LogP contribution in [0, 0.1) is 0 Å². The summed E-state index contributed by atoms with van der Waals surface area (Å²) >= 11 is 0. The van der Waals surface area contributed by atoms with Crippen LogP contribution in [0.1, 0.15) is 49.9 Å². The van der Waals surface area contributed by atoms with Crippen molar-refractivity contribution in [1.29, 1.82) is 0 Å². The third-order valence-corrected chi connectivity index (χ3v) is 12.3. The van der Waals surface area contributed by atoms with Crippen molar-refractivity contribution in [2.24, 2.45) is 0 Å². The SMILES string of the molecule is CC1(C)c2ccccc2-c2cc3c(cc21)-c1c(N(c2ccc(-c4ccccc4)cc2)c2ccc(-c4ccc(-c5ccccc5)cc4)cc2)cccc1C3(C)C. The number of fused-ring (bicyclic) bond motifs is 6. The van der Waals surface area contributed by atoms with Gasteiger partial charge in [0, 0.05) is 27.8 Å². The number of hydrogen-bond acceptors (Lipinski definition) is 1. The first kappa shape index (κ1) is 33.2. The van der Waals surface area contributed by atoms with E-state index in [1.807, 2.05) is 0 Å². The molecule has 0 aromatic heterocycles. The van der Waals surface area contributed by atoms with Gasteiger partial charge in [0.15, 0.2) is 0 Å². The summed E-state index contributed by atoms with van der Waals surface area (Å²) < 4.78 is 0. The van der Waals surface area contributed by atoms with Gasteiger partial charge >= 0.3 is 0 Å². The Labute approximate surface area is 325 Å². The lowest BCUT2D eigenvalue weighted by Gasteiger charge is -2.29. The first-order chi connectivity index (χ1) is 26.8. The quantitative estimate of drug-likeness (QED) is 0.166. The van der Waals surface area contributed by atoms with E-state index < -0.39 is 0 Å². The second-order valence-electron chi connectivity index (χ2n) is 16.2. The molecule has 8 aromatic carbocycles. The molecule has 55 heavy (non-hydrogen) atoms. The summed E-state index contributed by atoms with van der Waals surface area (Å²) in [5.41, 5.74) is 21.5. The molecule has 1 nitrogen and oxygen atoms in total. The topological polar surface area (TPSA) is 3.24 Å². The molecule has 0 atom stereocenters. The Balaban J connectivity index is 1.11. The zero-order chi connectivity index (χ0) is 37.3. The fraction of sp³-hybridized carbons (Fsp3) is 0.111. The van der Waals surface area contributed by atoms with Crippen LogP contribution < -0.4 is 4.90 Å². The van der Waals surface area contributed by atoms with E-state index in [2.05, 4.69) is 221 Å². The maximum Gasteiger partial charge on any atom is 0.0543 e. The molecule has 264 valence electrons. The molecule has 0 spiro atoms. The van der Waals surface area contributed by atoms with E-state index >= 15 is 0 Å². The van der Waals surface area contributed by atoms with Crippen LogP contribution in [0.15, 0.2) is 188 Å². The Hall–Kier alpha value is -6.44. The molecule has 2 aliphatic rings. The monoisotopic (exact) mass is 705 g/mol. The second-order valence-corrected chi connectivity index (χ2v) is 16.2. The lowest BCUT2D eigenvalue weighted by molar-refractivity contribution is 0.652. The maximum absolute atomic E-state index is 2.53. The van der Waals surface area contributed by atoms with Gasteiger partial charge in [-0.1, -0.05) is 173 Å². The molecule has 0 N–H and O–H groups in total. The highest BCUT2D eigenvalue weighted by Gasteiger charge is 2.42. The smallest absolute Gasteiger partial charge is 0.0543 e. The minimum absolute atomic E-state index is 0.0785. The van der Waals surface area contributed by atoms with Crippen molar-refractivity contribution in [3.8, 4) is 55.6 Å². The average Bonchev–Trinajstić information content (AvgIpc) is 3.61. The summed E-state index contributed by atoms with van der Waals surface area (Å²) in [7, 11) is 0. The van der Waals surface area contributed by atoms with Crippen molar-refractivity contribution in [2.45, 2.75) is 38.5 Å². The minimum Gasteiger partial charge on any atom is -0.310 e. The first-order valence-electron chi connectivity index (χ1n) is 19.4. The molecular weight excluding hydrogens is 663 g/mol. The number of hydrogen-bond donors (Lipinski definition) is 0. The van der Waals surface area contributed by atoms with Crippen LogP contribution in [0.3, 0.4) is 0 Å². The van der Waals surface area contributed by atoms with Gasteiger partial charge in [0.05, 0.1) is 5.69 Å². The van der Waals surface area contributed by atoms with Crippen LogP contribution in [0.5, 0.6) is 0 Å². The van der Waals surface area contributed by atoms with E-state index in [4.69, 9.17) is 0 Å². The molecule has 0 amide bonds. The Morgan fingerprint density at radius 2 is 0.709 bits per heavy atom. The summed E-state index contributed by atoms with van der Waals surface area (Å²) in [4.78, 5) is 2.47. The van der Waals surface area contributed by atoms with Gasteiger partial charge < -0.3 is 4.90 Å². The number of anilines is 3. The summed E-state index contributed by atoms with van der Waals surface area (Å²) in [6, 6.07) is 69.3. The van der Waals surface area contributed by atoms with Crippen LogP contribution in [0.4, 0.5) is 17.1 Å². The lowest BCUT2D eigenvalue weighted by atomic mass is 9.79. The van der Waals surface area contributed by atoms with E-state index in [0.717, 1.165) is 11.4 Å². The van der Waals surface area contributed by atoms with Gasteiger partial charge in [-0.2, -0.15) is 0 Å². The van der Waals surface area contributed by atoms with Crippen LogP contribution in [-0.2, 0) is 10.8 Å². The van der Waals surface area contributed by atoms with Crippen molar-refractivity contribution < 1.29 is 0 Å². The Bertz CT molecular complexity index is 2700. The summed E-state index contributed by atoms with van der Waals surface area (Å²) in [5, 5.41) is 0. The van der Waals surface area contributed by atoms with E-state index in [9.17, 15) is 0 Å². The van der Waals surface area contributed by atoms with E-state index in [-0.39, 0.29) is 10.8 Å². The molecule has 10 rings (SSSR count). The highest BCUT2D eigenvalue weighted by molar-refractivity contribution is 5.98. The predicted octanol–water partition coefficient (Wildman–Crippen LogP) is 14.8. The molecule has 0 bridgehead atoms. The van der Waals surface area contributed by atoms with Gasteiger partial charge in [-0.3, -0.25) is 0 Å². The van der Waals surface area contributed by atoms with Gasteiger partial charge in [0.2, 0.25) is 0 Å². The Morgan fingerprint density at radius 3 is 1.25 bits per heavy atom. The summed E-state index contributed by atoms with van der Waals surface area (Å²) in [6.07, 6.45) is 0. The van der Waals surface area contributed by atoms with E-state index in [1.54, 1.807) is 0 Å². The molecule has 0 aliphatic heterocycles. The molecule has 2 aliphatic carbocycles. The normalized spacial score (nSPS) is 14.1. The molecule has 0 heterocycles. The van der Waals surface area contributed by atoms with E-state index in [1.165, 1.54) is 83.6 Å². The zero-order valence-electron chi connectivity index (χ0n) is 31.8. The lowest BCUT2D eigenvalue weighted by Crippen LogP contribution is -2.17. The fourth-order valence-corrected chi connectivity index (χ4v) is 9.30. The van der Waals surface area contributed by atoms with Crippen molar-refractivity contribution >= 4 is 17.1 Å². The minimum atomic E-state index is -0.157. The number of rotatable bonds is 6. The van der Waals surface area contributed by atoms with Crippen LogP contribution in [0.25, 0.3) is 55.6 Å². The molecule has 8 aromatic rings. The third kappa shape index (κ3) is 5.29. The van der Waals surface area contributed by atoms with Crippen LogP contribution in [0.2, 0.25) is 0 Å². The van der Waals surface area contributed by atoms with Gasteiger partial charge in [-0.05, 0) is 115 Å². The van der Waals surface area contributed by atoms with Gasteiger partial charge in [-0.25, -0.2) is 0 Å². The maximum atomic E-state index is 2.53. The van der Waals surface area contributed by atoms with Crippen LogP contribution >= 0.6 is 0 Å². The average molecular weight is 706 g/mol. The molecule has 0 fully saturated rings. The molecule has 1 heteroatoms. The Morgan fingerprint density at radius 1 is 0.309 bits per heavy atom. The van der Waals surface area contributed by atoms with Gasteiger partial charge in [-0.15, -0.1) is 0 Å². The number of benzene rings is 8. The highest BCUT2D eigenvalue weighted by atomic mass is 15.1. The molecule has 0 radical (unpaired) electrons. The van der Waals surface area contributed by atoms with E-state index in [0.29, 0.717) is 0 Å². The highest BCUT2D eigenvalue weighted by Crippen LogP contribution is 2.58. The predicted molar refractivity (Wildman–Crippen MR) is 233 cm³/mol. The molecular formula is C54H43N. The summed E-state index contributed by atoms with van der Waals surface area (Å²) in [5.74, 6) is 0. The van der Waals surface area contributed by atoms with Crippen molar-refractivity contribution in [1.82, 2.24) is 0 Å². The van der Waals surface area contributed by atoms with Crippen molar-refractivity contribution in [3.63, 3.8) is 0 Å². The molecule has 0 saturated heterocycles. The van der Waals surface area contributed by atoms with Crippen LogP contribution in [-0.4, -0.2) is 0 Å². The summed E-state index contributed by atoms with van der Waals surface area (Å²) in [6.45, 7) is 9.57. The molecule has 0 saturated carbocycles. The van der Waals surface area contributed by atoms with Crippen molar-refractivity contribution in [2.75, 3.05) is 4.90 Å². The zero-order valence-corrected chi connectivity index (χ0v) is 31.8.